The molecule has 0 spiro atoms. The number of hydrogen-bond donors (Lipinski definition) is 0. The second kappa shape index (κ2) is 6.86. The molecule has 0 amide bonds. The molecule has 0 heterocycles. The molecule has 2 heteroatoms. The lowest BCUT2D eigenvalue weighted by Crippen LogP contribution is -2.17. The average Bonchev–Trinajstić information content (AvgIpc) is 2.08. The molecule has 0 aromatic heterocycles. The smallest absolute Gasteiger partial charge is 0.302 e. The van der Waals surface area contributed by atoms with Gasteiger partial charge in [0.15, 0.2) is 0 Å². The van der Waals surface area contributed by atoms with E-state index in [4.69, 9.17) is 4.74 Å². The van der Waals surface area contributed by atoms with Crippen LogP contribution in [-0.4, -0.2) is 12.6 Å². The molecule has 0 aliphatic carbocycles. The Balaban J connectivity index is 3.35. The number of carbonyl (C=O) groups excluding carboxylic acids is 1. The van der Waals surface area contributed by atoms with E-state index in [2.05, 4.69) is 27.7 Å². The summed E-state index contributed by atoms with van der Waals surface area (Å²) in [5, 5.41) is 0. The van der Waals surface area contributed by atoms with E-state index in [0.717, 1.165) is 18.8 Å². The number of esters is 1. The van der Waals surface area contributed by atoms with Crippen molar-refractivity contribution >= 4 is 5.97 Å². The van der Waals surface area contributed by atoms with E-state index >= 15 is 0 Å². The van der Waals surface area contributed by atoms with Gasteiger partial charge < -0.3 is 4.74 Å². The predicted molar refractivity (Wildman–Crippen MR) is 63.7 cm³/mol. The average molecular weight is 214 g/mol. The van der Waals surface area contributed by atoms with Gasteiger partial charge in [-0.05, 0) is 17.8 Å². The van der Waals surface area contributed by atoms with Gasteiger partial charge in [-0.15, -0.1) is 0 Å². The Hall–Kier alpha value is -0.530. The van der Waals surface area contributed by atoms with Crippen LogP contribution in [0.4, 0.5) is 0 Å². The third-order valence-electron chi connectivity index (χ3n) is 3.07. The molecule has 0 fully saturated rings. The van der Waals surface area contributed by atoms with Gasteiger partial charge in [0.05, 0.1) is 6.61 Å². The Morgan fingerprint density at radius 2 is 1.80 bits per heavy atom. The quantitative estimate of drug-likeness (QED) is 0.496. The molecule has 0 aromatic carbocycles. The fourth-order valence-corrected chi connectivity index (χ4v) is 1.38. The fraction of sp³-hybridized carbons (Fsp3) is 0.923. The standard InChI is InChI=1S/C13H26O2/c1-11(13(3,4)5)9-7-6-8-10-15-12(2)14/h11H,6-10H2,1-5H3/t11-/m1/s1. The highest BCUT2D eigenvalue weighted by atomic mass is 16.5. The van der Waals surface area contributed by atoms with Crippen LogP contribution in [0.25, 0.3) is 0 Å². The Morgan fingerprint density at radius 1 is 1.20 bits per heavy atom. The molecule has 0 aliphatic rings. The van der Waals surface area contributed by atoms with Crippen molar-refractivity contribution < 1.29 is 9.53 Å². The summed E-state index contributed by atoms with van der Waals surface area (Å²) in [5.74, 6) is 0.587. The molecule has 90 valence electrons. The first-order valence-corrected chi connectivity index (χ1v) is 5.97. The van der Waals surface area contributed by atoms with E-state index in [1.165, 1.54) is 19.8 Å². The Bertz CT molecular complexity index is 179. The van der Waals surface area contributed by atoms with Crippen LogP contribution in [0.2, 0.25) is 0 Å². The SMILES string of the molecule is CC(=O)OCCCCC[C@@H](C)C(C)(C)C. The number of unbranched alkanes of at least 4 members (excludes halogenated alkanes) is 2. The number of hydrogen-bond acceptors (Lipinski definition) is 2. The zero-order chi connectivity index (χ0) is 11.9. The molecular formula is C13H26O2. The van der Waals surface area contributed by atoms with Gasteiger partial charge in [-0.25, -0.2) is 0 Å². The van der Waals surface area contributed by atoms with Gasteiger partial charge in [0.25, 0.3) is 0 Å². The highest BCUT2D eigenvalue weighted by Crippen LogP contribution is 2.29. The van der Waals surface area contributed by atoms with Gasteiger partial charge >= 0.3 is 5.97 Å². The first-order valence-electron chi connectivity index (χ1n) is 5.97. The molecule has 0 bridgehead atoms. The van der Waals surface area contributed by atoms with Gasteiger partial charge in [-0.1, -0.05) is 47.0 Å². The third kappa shape index (κ3) is 8.46. The molecular weight excluding hydrogens is 188 g/mol. The minimum Gasteiger partial charge on any atom is -0.466 e. The molecule has 1 atom stereocenters. The zero-order valence-electron chi connectivity index (χ0n) is 10.9. The normalized spacial score (nSPS) is 13.7. The van der Waals surface area contributed by atoms with E-state index in [-0.39, 0.29) is 5.97 Å². The van der Waals surface area contributed by atoms with Gasteiger partial charge in [-0.3, -0.25) is 4.79 Å². The van der Waals surface area contributed by atoms with Gasteiger partial charge in [0, 0.05) is 6.92 Å². The Kier molecular flexibility index (Phi) is 6.62. The van der Waals surface area contributed by atoms with E-state index in [9.17, 15) is 4.79 Å². The van der Waals surface area contributed by atoms with Gasteiger partial charge in [-0.2, -0.15) is 0 Å². The fourth-order valence-electron chi connectivity index (χ4n) is 1.38. The monoisotopic (exact) mass is 214 g/mol. The van der Waals surface area contributed by atoms with Crippen LogP contribution in [0.5, 0.6) is 0 Å². The summed E-state index contributed by atoms with van der Waals surface area (Å²) in [6.07, 6.45) is 4.66. The van der Waals surface area contributed by atoms with Crippen molar-refractivity contribution in [1.82, 2.24) is 0 Å². The maximum atomic E-state index is 10.5. The van der Waals surface area contributed by atoms with Crippen molar-refractivity contribution in [2.45, 2.75) is 60.3 Å². The minimum atomic E-state index is -0.168. The van der Waals surface area contributed by atoms with Crippen LogP contribution in [0.3, 0.4) is 0 Å². The van der Waals surface area contributed by atoms with Crippen molar-refractivity contribution in [1.29, 1.82) is 0 Å². The third-order valence-corrected chi connectivity index (χ3v) is 3.07. The molecule has 0 rings (SSSR count). The Morgan fingerprint density at radius 3 is 2.27 bits per heavy atom. The molecule has 0 aliphatic heterocycles. The van der Waals surface area contributed by atoms with E-state index in [1.54, 1.807) is 0 Å². The Labute approximate surface area is 94.4 Å². The maximum absolute atomic E-state index is 10.5. The van der Waals surface area contributed by atoms with Gasteiger partial charge in [0.1, 0.15) is 0 Å². The van der Waals surface area contributed by atoms with Crippen molar-refractivity contribution in [3.05, 3.63) is 0 Å². The molecule has 0 saturated carbocycles. The van der Waals surface area contributed by atoms with Crippen LogP contribution in [0, 0.1) is 11.3 Å². The summed E-state index contributed by atoms with van der Waals surface area (Å²) in [6.45, 7) is 11.2. The molecule has 2 nitrogen and oxygen atoms in total. The van der Waals surface area contributed by atoms with Crippen molar-refractivity contribution in [2.24, 2.45) is 11.3 Å². The van der Waals surface area contributed by atoms with Crippen molar-refractivity contribution in [2.75, 3.05) is 6.61 Å². The van der Waals surface area contributed by atoms with Crippen molar-refractivity contribution in [3.63, 3.8) is 0 Å². The summed E-state index contributed by atoms with van der Waals surface area (Å²) in [6, 6.07) is 0. The lowest BCUT2D eigenvalue weighted by atomic mass is 9.79. The van der Waals surface area contributed by atoms with E-state index < -0.39 is 0 Å². The van der Waals surface area contributed by atoms with Crippen LogP contribution >= 0.6 is 0 Å². The zero-order valence-corrected chi connectivity index (χ0v) is 10.9. The molecule has 0 unspecified atom stereocenters. The van der Waals surface area contributed by atoms with Crippen LogP contribution < -0.4 is 0 Å². The lowest BCUT2D eigenvalue weighted by molar-refractivity contribution is -0.141. The molecule has 0 N–H and O–H groups in total. The molecule has 0 aromatic rings. The molecule has 0 radical (unpaired) electrons. The number of rotatable bonds is 6. The van der Waals surface area contributed by atoms with Crippen molar-refractivity contribution in [3.8, 4) is 0 Å². The molecule has 0 saturated heterocycles. The van der Waals surface area contributed by atoms with E-state index in [1.807, 2.05) is 0 Å². The first kappa shape index (κ1) is 14.5. The number of ether oxygens (including phenoxy) is 1. The van der Waals surface area contributed by atoms with E-state index in [0.29, 0.717) is 12.0 Å². The summed E-state index contributed by atoms with van der Waals surface area (Å²) in [7, 11) is 0. The highest BCUT2D eigenvalue weighted by Gasteiger charge is 2.18. The van der Waals surface area contributed by atoms with Crippen LogP contribution in [0.15, 0.2) is 0 Å². The second-order valence-corrected chi connectivity index (χ2v) is 5.46. The number of carbonyl (C=O) groups is 1. The predicted octanol–water partition coefficient (Wildman–Crippen LogP) is 3.79. The summed E-state index contributed by atoms with van der Waals surface area (Å²) in [4.78, 5) is 10.5. The van der Waals surface area contributed by atoms with Gasteiger partial charge in [0.2, 0.25) is 0 Å². The molecule has 15 heavy (non-hydrogen) atoms. The maximum Gasteiger partial charge on any atom is 0.302 e. The lowest BCUT2D eigenvalue weighted by Gasteiger charge is -2.27. The van der Waals surface area contributed by atoms with Crippen LogP contribution in [-0.2, 0) is 9.53 Å². The topological polar surface area (TPSA) is 26.3 Å². The first-order chi connectivity index (χ1) is 6.84. The highest BCUT2D eigenvalue weighted by molar-refractivity contribution is 5.65. The second-order valence-electron chi connectivity index (χ2n) is 5.46. The summed E-state index contributed by atoms with van der Waals surface area (Å²) < 4.78 is 4.88. The minimum absolute atomic E-state index is 0.168. The summed E-state index contributed by atoms with van der Waals surface area (Å²) in [5.41, 5.74) is 0.413. The summed E-state index contributed by atoms with van der Waals surface area (Å²) >= 11 is 0. The largest absolute Gasteiger partial charge is 0.466 e. The van der Waals surface area contributed by atoms with Crippen LogP contribution in [0.1, 0.15) is 60.3 Å².